The molecule has 5 heteroatoms. The second-order valence-electron chi connectivity index (χ2n) is 5.00. The number of aryl methyl sites for hydroxylation is 2. The van der Waals surface area contributed by atoms with E-state index >= 15 is 0 Å². The molecule has 1 aromatic rings. The number of rotatable bonds is 4. The van der Waals surface area contributed by atoms with Gasteiger partial charge in [0.25, 0.3) is 0 Å². The van der Waals surface area contributed by atoms with Crippen LogP contribution in [0.2, 0.25) is 0 Å². The summed E-state index contributed by atoms with van der Waals surface area (Å²) in [5.41, 5.74) is 1.27. The van der Waals surface area contributed by atoms with Crippen LogP contribution in [-0.2, 0) is 18.3 Å². The van der Waals surface area contributed by atoms with E-state index in [1.807, 2.05) is 17.9 Å². The van der Waals surface area contributed by atoms with Crippen LogP contribution in [0.4, 0.5) is 0 Å². The summed E-state index contributed by atoms with van der Waals surface area (Å²) < 4.78 is 1.93. The molecule has 1 aromatic heterocycles. The summed E-state index contributed by atoms with van der Waals surface area (Å²) >= 11 is 0. The zero-order valence-electron chi connectivity index (χ0n) is 11.1. The van der Waals surface area contributed by atoms with Crippen molar-refractivity contribution in [2.75, 3.05) is 13.6 Å². The lowest BCUT2D eigenvalue weighted by molar-refractivity contribution is -0.123. The molecule has 0 aromatic carbocycles. The van der Waals surface area contributed by atoms with Gasteiger partial charge >= 0.3 is 0 Å². The summed E-state index contributed by atoms with van der Waals surface area (Å²) in [6.07, 6.45) is 6.12. The summed E-state index contributed by atoms with van der Waals surface area (Å²) in [6.45, 7) is 0.939. The molecule has 1 amide bonds. The molecule has 100 valence electrons. The molecule has 2 heterocycles. The summed E-state index contributed by atoms with van der Waals surface area (Å²) in [4.78, 5) is 11.6. The average molecular weight is 250 g/mol. The van der Waals surface area contributed by atoms with Gasteiger partial charge in [0, 0.05) is 26.0 Å². The Bertz CT molecular complexity index is 401. The Morgan fingerprint density at radius 3 is 3.17 bits per heavy atom. The molecule has 0 bridgehead atoms. The lowest BCUT2D eigenvalue weighted by Crippen LogP contribution is -2.47. The van der Waals surface area contributed by atoms with E-state index in [0.29, 0.717) is 5.92 Å². The van der Waals surface area contributed by atoms with E-state index in [9.17, 15) is 4.79 Å². The SMILES string of the molecule is CNC(=O)C1CC(CCc2ccnn2C)CCN1. The molecule has 1 fully saturated rings. The first kappa shape index (κ1) is 13.1. The van der Waals surface area contributed by atoms with Crippen LogP contribution in [0, 0.1) is 5.92 Å². The smallest absolute Gasteiger partial charge is 0.236 e. The molecule has 0 spiro atoms. The summed E-state index contributed by atoms with van der Waals surface area (Å²) in [5, 5.41) is 10.2. The van der Waals surface area contributed by atoms with E-state index in [1.54, 1.807) is 7.05 Å². The van der Waals surface area contributed by atoms with E-state index in [-0.39, 0.29) is 11.9 Å². The van der Waals surface area contributed by atoms with Crippen molar-refractivity contribution in [1.82, 2.24) is 20.4 Å². The number of likely N-dealkylation sites (N-methyl/N-ethyl adjacent to an activating group) is 1. The predicted molar refractivity (Wildman–Crippen MR) is 70.1 cm³/mol. The van der Waals surface area contributed by atoms with E-state index in [0.717, 1.165) is 32.2 Å². The van der Waals surface area contributed by atoms with Gasteiger partial charge in [0.2, 0.25) is 5.91 Å². The van der Waals surface area contributed by atoms with Gasteiger partial charge < -0.3 is 10.6 Å². The summed E-state index contributed by atoms with van der Waals surface area (Å²) in [5.74, 6) is 0.740. The van der Waals surface area contributed by atoms with Crippen LogP contribution in [0.5, 0.6) is 0 Å². The number of hydrogen-bond donors (Lipinski definition) is 2. The van der Waals surface area contributed by atoms with Crippen molar-refractivity contribution in [3.8, 4) is 0 Å². The number of nitrogens with zero attached hydrogens (tertiary/aromatic N) is 2. The molecule has 0 aliphatic carbocycles. The van der Waals surface area contributed by atoms with Crippen LogP contribution >= 0.6 is 0 Å². The normalized spacial score (nSPS) is 23.9. The summed E-state index contributed by atoms with van der Waals surface area (Å²) in [7, 11) is 3.67. The van der Waals surface area contributed by atoms with Crippen LogP contribution in [0.3, 0.4) is 0 Å². The predicted octanol–water partition coefficient (Wildman–Crippen LogP) is 0.467. The minimum absolute atomic E-state index is 0.0136. The van der Waals surface area contributed by atoms with Crippen molar-refractivity contribution < 1.29 is 4.79 Å². The Hall–Kier alpha value is -1.36. The van der Waals surface area contributed by atoms with E-state index in [2.05, 4.69) is 21.8 Å². The fourth-order valence-electron chi connectivity index (χ4n) is 2.63. The van der Waals surface area contributed by atoms with Crippen molar-refractivity contribution in [3.63, 3.8) is 0 Å². The van der Waals surface area contributed by atoms with Gasteiger partial charge in [-0.25, -0.2) is 0 Å². The molecule has 1 aliphatic heterocycles. The largest absolute Gasteiger partial charge is 0.358 e. The number of piperidine rings is 1. The molecule has 0 radical (unpaired) electrons. The van der Waals surface area contributed by atoms with Gasteiger partial charge in [0.05, 0.1) is 6.04 Å². The van der Waals surface area contributed by atoms with Crippen LogP contribution in [0.1, 0.15) is 25.0 Å². The molecule has 1 saturated heterocycles. The molecule has 5 nitrogen and oxygen atoms in total. The molecular weight excluding hydrogens is 228 g/mol. The topological polar surface area (TPSA) is 59.0 Å². The van der Waals surface area contributed by atoms with Gasteiger partial charge in [0.1, 0.15) is 0 Å². The van der Waals surface area contributed by atoms with Crippen LogP contribution < -0.4 is 10.6 Å². The van der Waals surface area contributed by atoms with E-state index in [4.69, 9.17) is 0 Å². The van der Waals surface area contributed by atoms with Crippen molar-refractivity contribution in [2.24, 2.45) is 13.0 Å². The molecule has 2 rings (SSSR count). The minimum atomic E-state index is -0.0136. The molecule has 2 atom stereocenters. The Morgan fingerprint density at radius 1 is 1.67 bits per heavy atom. The minimum Gasteiger partial charge on any atom is -0.358 e. The van der Waals surface area contributed by atoms with Crippen LogP contribution in [0.15, 0.2) is 12.3 Å². The summed E-state index contributed by atoms with van der Waals surface area (Å²) in [6, 6.07) is 2.05. The Kier molecular flexibility index (Phi) is 4.36. The number of hydrogen-bond acceptors (Lipinski definition) is 3. The highest BCUT2D eigenvalue weighted by atomic mass is 16.2. The monoisotopic (exact) mass is 250 g/mol. The van der Waals surface area contributed by atoms with Gasteiger partial charge in [-0.2, -0.15) is 5.10 Å². The first-order chi connectivity index (χ1) is 8.70. The highest BCUT2D eigenvalue weighted by Gasteiger charge is 2.25. The van der Waals surface area contributed by atoms with Crippen molar-refractivity contribution in [1.29, 1.82) is 0 Å². The van der Waals surface area contributed by atoms with Crippen LogP contribution in [0.25, 0.3) is 0 Å². The zero-order valence-corrected chi connectivity index (χ0v) is 11.1. The Morgan fingerprint density at radius 2 is 2.50 bits per heavy atom. The number of aromatic nitrogens is 2. The molecular formula is C13H22N4O. The third kappa shape index (κ3) is 3.10. The standard InChI is InChI=1S/C13H22N4O/c1-14-13(18)12-9-10(5-7-15-12)3-4-11-6-8-16-17(11)2/h6,8,10,12,15H,3-5,7,9H2,1-2H3,(H,14,18). The maximum atomic E-state index is 11.6. The molecule has 2 N–H and O–H groups in total. The van der Waals surface area contributed by atoms with Crippen molar-refractivity contribution in [2.45, 2.75) is 31.7 Å². The van der Waals surface area contributed by atoms with Crippen molar-refractivity contribution in [3.05, 3.63) is 18.0 Å². The van der Waals surface area contributed by atoms with Gasteiger partial charge in [-0.15, -0.1) is 0 Å². The number of carbonyl (C=O) groups is 1. The number of nitrogens with one attached hydrogen (secondary N) is 2. The highest BCUT2D eigenvalue weighted by molar-refractivity contribution is 5.81. The number of amides is 1. The fourth-order valence-corrected chi connectivity index (χ4v) is 2.63. The maximum absolute atomic E-state index is 11.6. The average Bonchev–Trinajstić information content (AvgIpc) is 2.81. The zero-order chi connectivity index (χ0) is 13.0. The van der Waals surface area contributed by atoms with Gasteiger partial charge in [0.15, 0.2) is 0 Å². The second-order valence-corrected chi connectivity index (χ2v) is 5.00. The third-order valence-electron chi connectivity index (χ3n) is 3.81. The molecule has 1 aliphatic rings. The van der Waals surface area contributed by atoms with Crippen LogP contribution in [-0.4, -0.2) is 35.3 Å². The van der Waals surface area contributed by atoms with E-state index in [1.165, 1.54) is 5.69 Å². The van der Waals surface area contributed by atoms with Crippen molar-refractivity contribution >= 4 is 5.91 Å². The molecule has 18 heavy (non-hydrogen) atoms. The quantitative estimate of drug-likeness (QED) is 0.816. The molecule has 0 saturated carbocycles. The number of carbonyl (C=O) groups excluding carboxylic acids is 1. The second kappa shape index (κ2) is 6.00. The lowest BCUT2D eigenvalue weighted by atomic mass is 9.88. The Balaban J connectivity index is 1.83. The molecule has 2 unspecified atom stereocenters. The van der Waals surface area contributed by atoms with E-state index < -0.39 is 0 Å². The highest BCUT2D eigenvalue weighted by Crippen LogP contribution is 2.21. The van der Waals surface area contributed by atoms with Gasteiger partial charge in [-0.1, -0.05) is 0 Å². The first-order valence-corrected chi connectivity index (χ1v) is 6.62. The van der Waals surface area contributed by atoms with Gasteiger partial charge in [-0.05, 0) is 44.2 Å². The fraction of sp³-hybridized carbons (Fsp3) is 0.692. The third-order valence-corrected chi connectivity index (χ3v) is 3.81. The van der Waals surface area contributed by atoms with Gasteiger partial charge in [-0.3, -0.25) is 9.48 Å². The first-order valence-electron chi connectivity index (χ1n) is 6.62. The maximum Gasteiger partial charge on any atom is 0.236 e. The lowest BCUT2D eigenvalue weighted by Gasteiger charge is -2.29. The Labute approximate surface area is 108 Å².